The minimum atomic E-state index is -1.02. The molecule has 2 aromatic carbocycles. The summed E-state index contributed by atoms with van der Waals surface area (Å²) in [6, 6.07) is 19.2. The number of hydrogen-bond donors (Lipinski definition) is 1. The minimum Gasteiger partial charge on any atom is -0.476 e. The summed E-state index contributed by atoms with van der Waals surface area (Å²) in [5.41, 5.74) is 2.84. The van der Waals surface area contributed by atoms with Crippen LogP contribution in [0.15, 0.2) is 65.1 Å². The molecule has 0 radical (unpaired) electrons. The summed E-state index contributed by atoms with van der Waals surface area (Å²) >= 11 is 3.40. The quantitative estimate of drug-likeness (QED) is 0.766. The van der Waals surface area contributed by atoms with Crippen LogP contribution < -0.4 is 0 Å². The van der Waals surface area contributed by atoms with E-state index in [1.807, 2.05) is 54.6 Å². The molecular formula is C17H13BrN2O2. The maximum atomic E-state index is 11.2. The van der Waals surface area contributed by atoms with E-state index in [2.05, 4.69) is 21.0 Å². The average Bonchev–Trinajstić information content (AvgIpc) is 2.93. The van der Waals surface area contributed by atoms with Crippen LogP contribution in [0.3, 0.4) is 0 Å². The van der Waals surface area contributed by atoms with Crippen molar-refractivity contribution in [2.45, 2.75) is 6.54 Å². The van der Waals surface area contributed by atoms with Crippen molar-refractivity contribution < 1.29 is 9.90 Å². The van der Waals surface area contributed by atoms with Gasteiger partial charge < -0.3 is 5.11 Å². The van der Waals surface area contributed by atoms with Crippen LogP contribution in [0.5, 0.6) is 0 Å². The fourth-order valence-electron chi connectivity index (χ4n) is 2.25. The number of aromatic carboxylic acids is 1. The molecule has 0 amide bonds. The van der Waals surface area contributed by atoms with Gasteiger partial charge in [0, 0.05) is 4.47 Å². The molecule has 0 saturated heterocycles. The van der Waals surface area contributed by atoms with Crippen LogP contribution in [0, 0.1) is 0 Å². The van der Waals surface area contributed by atoms with E-state index in [1.54, 1.807) is 10.7 Å². The van der Waals surface area contributed by atoms with E-state index in [9.17, 15) is 9.90 Å². The van der Waals surface area contributed by atoms with Crippen molar-refractivity contribution in [1.82, 2.24) is 9.78 Å². The highest BCUT2D eigenvalue weighted by molar-refractivity contribution is 9.10. The second-order valence-electron chi connectivity index (χ2n) is 4.87. The number of hydrogen-bond acceptors (Lipinski definition) is 2. The molecule has 4 nitrogen and oxygen atoms in total. The lowest BCUT2D eigenvalue weighted by molar-refractivity contribution is 0.0689. The van der Waals surface area contributed by atoms with Crippen LogP contribution in [-0.4, -0.2) is 20.9 Å². The predicted octanol–water partition coefficient (Wildman–Crippen LogP) is 4.06. The van der Waals surface area contributed by atoms with Crippen molar-refractivity contribution in [3.8, 4) is 11.3 Å². The molecule has 110 valence electrons. The van der Waals surface area contributed by atoms with Gasteiger partial charge in [-0.15, -0.1) is 0 Å². The standard InChI is InChI=1S/C17H13BrN2O2/c18-14-8-6-13(7-9-14)16-10-15(17(21)22)19-20(16)11-12-4-2-1-3-5-12/h1-10H,11H2,(H,21,22). The second kappa shape index (κ2) is 6.15. The summed E-state index contributed by atoms with van der Waals surface area (Å²) in [5.74, 6) is -1.02. The Balaban J connectivity index is 2.04. The van der Waals surface area contributed by atoms with Crippen LogP contribution in [-0.2, 0) is 6.54 Å². The molecule has 1 heterocycles. The molecule has 0 spiro atoms. The Kier molecular flexibility index (Phi) is 4.06. The van der Waals surface area contributed by atoms with Crippen LogP contribution in [0.25, 0.3) is 11.3 Å². The van der Waals surface area contributed by atoms with Crippen LogP contribution >= 0.6 is 15.9 Å². The molecule has 0 saturated carbocycles. The predicted molar refractivity (Wildman–Crippen MR) is 87.9 cm³/mol. The average molecular weight is 357 g/mol. The Bertz CT molecular complexity index is 795. The Morgan fingerprint density at radius 1 is 1.09 bits per heavy atom. The fraction of sp³-hybridized carbons (Fsp3) is 0.0588. The molecule has 3 aromatic rings. The minimum absolute atomic E-state index is 0.0499. The van der Waals surface area contributed by atoms with Crippen molar-refractivity contribution in [3.63, 3.8) is 0 Å². The summed E-state index contributed by atoms with van der Waals surface area (Å²) in [7, 11) is 0. The van der Waals surface area contributed by atoms with Crippen LogP contribution in [0.1, 0.15) is 16.1 Å². The third kappa shape index (κ3) is 3.09. The first-order valence-corrected chi connectivity index (χ1v) is 7.54. The monoisotopic (exact) mass is 356 g/mol. The molecule has 0 aliphatic carbocycles. The molecule has 0 aliphatic rings. The molecule has 1 aromatic heterocycles. The molecule has 22 heavy (non-hydrogen) atoms. The highest BCUT2D eigenvalue weighted by Gasteiger charge is 2.14. The lowest BCUT2D eigenvalue weighted by Gasteiger charge is -2.08. The molecular weight excluding hydrogens is 344 g/mol. The molecule has 0 fully saturated rings. The highest BCUT2D eigenvalue weighted by atomic mass is 79.9. The first kappa shape index (κ1) is 14.5. The fourth-order valence-corrected chi connectivity index (χ4v) is 2.52. The first-order chi connectivity index (χ1) is 10.6. The van der Waals surface area contributed by atoms with E-state index in [4.69, 9.17) is 0 Å². The summed E-state index contributed by atoms with van der Waals surface area (Å²) in [6.07, 6.45) is 0. The van der Waals surface area contributed by atoms with Gasteiger partial charge in [0.1, 0.15) is 0 Å². The van der Waals surface area contributed by atoms with Gasteiger partial charge in [-0.1, -0.05) is 58.4 Å². The third-order valence-electron chi connectivity index (χ3n) is 3.31. The lowest BCUT2D eigenvalue weighted by Crippen LogP contribution is -2.05. The zero-order chi connectivity index (χ0) is 15.5. The molecule has 0 atom stereocenters. The number of rotatable bonds is 4. The Morgan fingerprint density at radius 3 is 2.41 bits per heavy atom. The number of benzene rings is 2. The number of carbonyl (C=O) groups is 1. The Labute approximate surface area is 136 Å². The summed E-state index contributed by atoms with van der Waals surface area (Å²) in [5, 5.41) is 13.4. The van der Waals surface area contributed by atoms with Crippen LogP contribution in [0.4, 0.5) is 0 Å². The van der Waals surface area contributed by atoms with E-state index in [1.165, 1.54) is 0 Å². The summed E-state index contributed by atoms with van der Waals surface area (Å²) in [4.78, 5) is 11.2. The maximum absolute atomic E-state index is 11.2. The normalized spacial score (nSPS) is 10.6. The van der Waals surface area contributed by atoms with Crippen molar-refractivity contribution >= 4 is 21.9 Å². The molecule has 5 heteroatoms. The molecule has 1 N–H and O–H groups in total. The smallest absolute Gasteiger partial charge is 0.356 e. The van der Waals surface area contributed by atoms with Gasteiger partial charge in [0.2, 0.25) is 0 Å². The van der Waals surface area contributed by atoms with E-state index in [0.29, 0.717) is 6.54 Å². The van der Waals surface area contributed by atoms with Gasteiger partial charge in [0.15, 0.2) is 5.69 Å². The first-order valence-electron chi connectivity index (χ1n) is 6.74. The van der Waals surface area contributed by atoms with Gasteiger partial charge in [0.05, 0.1) is 12.2 Å². The second-order valence-corrected chi connectivity index (χ2v) is 5.79. The van der Waals surface area contributed by atoms with E-state index < -0.39 is 5.97 Å². The molecule has 3 rings (SSSR count). The van der Waals surface area contributed by atoms with E-state index in [0.717, 1.165) is 21.3 Å². The van der Waals surface area contributed by atoms with Crippen molar-refractivity contribution in [1.29, 1.82) is 0 Å². The largest absolute Gasteiger partial charge is 0.476 e. The molecule has 0 aliphatic heterocycles. The van der Waals surface area contributed by atoms with Crippen molar-refractivity contribution in [2.75, 3.05) is 0 Å². The zero-order valence-electron chi connectivity index (χ0n) is 11.6. The van der Waals surface area contributed by atoms with Gasteiger partial charge in [-0.05, 0) is 29.3 Å². The van der Waals surface area contributed by atoms with Gasteiger partial charge in [-0.25, -0.2) is 4.79 Å². The van der Waals surface area contributed by atoms with Gasteiger partial charge in [0.25, 0.3) is 0 Å². The molecule has 0 bridgehead atoms. The Hall–Kier alpha value is -2.40. The van der Waals surface area contributed by atoms with Crippen LogP contribution in [0.2, 0.25) is 0 Å². The summed E-state index contributed by atoms with van der Waals surface area (Å²) < 4.78 is 2.70. The summed E-state index contributed by atoms with van der Waals surface area (Å²) in [6.45, 7) is 0.527. The van der Waals surface area contributed by atoms with Gasteiger partial charge >= 0.3 is 5.97 Å². The van der Waals surface area contributed by atoms with Crippen molar-refractivity contribution in [2.24, 2.45) is 0 Å². The number of carboxylic acid groups (broad SMARTS) is 1. The van der Waals surface area contributed by atoms with Crippen molar-refractivity contribution in [3.05, 3.63) is 76.4 Å². The number of halogens is 1. The van der Waals surface area contributed by atoms with Gasteiger partial charge in [-0.2, -0.15) is 5.10 Å². The zero-order valence-corrected chi connectivity index (χ0v) is 13.2. The number of aromatic nitrogens is 2. The number of carboxylic acids is 1. The number of nitrogens with zero attached hydrogens (tertiary/aromatic N) is 2. The van der Waals surface area contributed by atoms with E-state index >= 15 is 0 Å². The third-order valence-corrected chi connectivity index (χ3v) is 3.84. The topological polar surface area (TPSA) is 55.1 Å². The van der Waals surface area contributed by atoms with E-state index in [-0.39, 0.29) is 5.69 Å². The highest BCUT2D eigenvalue weighted by Crippen LogP contribution is 2.23. The Morgan fingerprint density at radius 2 is 1.77 bits per heavy atom. The molecule has 0 unspecified atom stereocenters. The maximum Gasteiger partial charge on any atom is 0.356 e. The lowest BCUT2D eigenvalue weighted by atomic mass is 10.1. The SMILES string of the molecule is O=C(O)c1cc(-c2ccc(Br)cc2)n(Cc2ccccc2)n1. The van der Waals surface area contributed by atoms with Gasteiger partial charge in [-0.3, -0.25) is 4.68 Å².